The number of anilines is 1. The number of para-hydroxylation sites is 1. The largest absolute Gasteiger partial charge is 0.503 e. The van der Waals surface area contributed by atoms with Gasteiger partial charge in [-0.15, -0.1) is 10.2 Å². The Bertz CT molecular complexity index is 1750. The van der Waals surface area contributed by atoms with Crippen LogP contribution in [0.4, 0.5) is 9.52 Å². The van der Waals surface area contributed by atoms with E-state index in [1.54, 1.807) is 66.7 Å². The second-order valence-electron chi connectivity index (χ2n) is 8.82. The molecule has 1 atom stereocenters. The zero-order chi connectivity index (χ0) is 27.8. The number of carbonyl (C=O) groups excluding carboxylic acids is 2. The van der Waals surface area contributed by atoms with Crippen LogP contribution in [-0.4, -0.2) is 34.1 Å². The topological polar surface area (TPSA) is 106 Å². The van der Waals surface area contributed by atoms with Gasteiger partial charge in [0.2, 0.25) is 10.9 Å². The van der Waals surface area contributed by atoms with Crippen LogP contribution < -0.4 is 9.64 Å². The van der Waals surface area contributed by atoms with Crippen molar-refractivity contribution in [1.29, 1.82) is 0 Å². The van der Waals surface area contributed by atoms with Crippen LogP contribution >= 0.6 is 23.1 Å². The third-order valence-electron chi connectivity index (χ3n) is 6.44. The van der Waals surface area contributed by atoms with E-state index < -0.39 is 23.5 Å². The number of ether oxygens (including phenoxy) is 1. The molecule has 1 aliphatic rings. The molecule has 1 amide bonds. The summed E-state index contributed by atoms with van der Waals surface area (Å²) in [5.41, 5.74) is 1.43. The van der Waals surface area contributed by atoms with Gasteiger partial charge in [-0.1, -0.05) is 71.6 Å². The number of aromatic nitrogens is 2. The number of carbonyl (C=O) groups is 2. The molecule has 2 aromatic heterocycles. The number of ketones is 1. The fourth-order valence-electron chi connectivity index (χ4n) is 4.48. The summed E-state index contributed by atoms with van der Waals surface area (Å²) in [6, 6.07) is 21.0. The third kappa shape index (κ3) is 4.63. The first-order valence-electron chi connectivity index (χ1n) is 12.1. The Hall–Kier alpha value is -4.48. The summed E-state index contributed by atoms with van der Waals surface area (Å²) in [5.74, 6) is -1.53. The lowest BCUT2D eigenvalue weighted by Crippen LogP contribution is -2.31. The number of aliphatic hydroxyl groups is 1. The maximum Gasteiger partial charge on any atom is 0.296 e. The molecule has 1 N–H and O–H groups in total. The van der Waals surface area contributed by atoms with Gasteiger partial charge < -0.3 is 14.3 Å². The summed E-state index contributed by atoms with van der Waals surface area (Å²) in [6.07, 6.45) is 0. The maximum absolute atomic E-state index is 14.1. The first kappa shape index (κ1) is 25.8. The minimum atomic E-state index is -1.00. The van der Waals surface area contributed by atoms with Crippen molar-refractivity contribution in [3.63, 3.8) is 0 Å². The number of rotatable bonds is 8. The molecule has 3 heterocycles. The van der Waals surface area contributed by atoms with Crippen LogP contribution in [0.3, 0.4) is 0 Å². The first-order chi connectivity index (χ1) is 19.4. The van der Waals surface area contributed by atoms with E-state index in [1.165, 1.54) is 29.8 Å². The molecule has 3 aromatic carbocycles. The molecular formula is C29H20FN3O5S2. The van der Waals surface area contributed by atoms with E-state index in [4.69, 9.17) is 9.15 Å². The number of methoxy groups -OCH3 is 1. The van der Waals surface area contributed by atoms with Gasteiger partial charge in [0.05, 0.1) is 18.7 Å². The summed E-state index contributed by atoms with van der Waals surface area (Å²) in [7, 11) is 1.53. The Morgan fingerprint density at radius 1 is 1.10 bits per heavy atom. The summed E-state index contributed by atoms with van der Waals surface area (Å²) in [5, 5.41) is 20.3. The maximum atomic E-state index is 14.1. The van der Waals surface area contributed by atoms with Crippen molar-refractivity contribution in [1.82, 2.24) is 10.2 Å². The van der Waals surface area contributed by atoms with Crippen molar-refractivity contribution in [2.24, 2.45) is 0 Å². The molecule has 0 saturated carbocycles. The molecule has 1 aliphatic heterocycles. The number of Topliss-reactive ketones (excluding diaryl/α,β-unsaturated/α-hetero) is 1. The van der Waals surface area contributed by atoms with Gasteiger partial charge in [0.25, 0.3) is 5.91 Å². The lowest BCUT2D eigenvalue weighted by atomic mass is 9.95. The van der Waals surface area contributed by atoms with E-state index in [0.29, 0.717) is 37.9 Å². The van der Waals surface area contributed by atoms with Crippen molar-refractivity contribution >= 4 is 50.9 Å². The fourth-order valence-corrected chi connectivity index (χ4v) is 6.33. The van der Waals surface area contributed by atoms with Crippen LogP contribution in [0.15, 0.2) is 99.0 Å². The molecule has 0 bridgehead atoms. The summed E-state index contributed by atoms with van der Waals surface area (Å²) in [4.78, 5) is 28.5. The van der Waals surface area contributed by atoms with Gasteiger partial charge in [-0.3, -0.25) is 14.5 Å². The zero-order valence-electron chi connectivity index (χ0n) is 20.9. The van der Waals surface area contributed by atoms with Crippen LogP contribution in [0.2, 0.25) is 0 Å². The number of thioether (sulfide) groups is 1. The van der Waals surface area contributed by atoms with E-state index in [1.807, 2.05) is 6.07 Å². The number of hydrogen-bond donors (Lipinski definition) is 1. The van der Waals surface area contributed by atoms with Crippen molar-refractivity contribution in [3.8, 4) is 5.75 Å². The van der Waals surface area contributed by atoms with Crippen molar-refractivity contribution < 1.29 is 28.2 Å². The minimum absolute atomic E-state index is 0.00527. The number of amides is 1. The number of furan rings is 1. The van der Waals surface area contributed by atoms with Crippen molar-refractivity contribution in [3.05, 3.63) is 113 Å². The summed E-state index contributed by atoms with van der Waals surface area (Å²) in [6.45, 7) is 0. The van der Waals surface area contributed by atoms with Crippen LogP contribution in [-0.2, 0) is 10.5 Å². The fraction of sp³-hybridized carbons (Fsp3) is 0.103. The minimum Gasteiger partial charge on any atom is -0.503 e. The number of nitrogens with zero attached hydrogens (tertiary/aromatic N) is 3. The van der Waals surface area contributed by atoms with Crippen LogP contribution in [0, 0.1) is 5.82 Å². The molecule has 40 heavy (non-hydrogen) atoms. The molecule has 0 aliphatic carbocycles. The molecule has 200 valence electrons. The van der Waals surface area contributed by atoms with Crippen LogP contribution in [0.5, 0.6) is 5.75 Å². The predicted octanol–water partition coefficient (Wildman–Crippen LogP) is 6.51. The molecular weight excluding hydrogens is 553 g/mol. The normalized spacial score (nSPS) is 15.3. The van der Waals surface area contributed by atoms with Gasteiger partial charge in [0.15, 0.2) is 15.9 Å². The molecule has 0 fully saturated rings. The lowest BCUT2D eigenvalue weighted by Gasteiger charge is -2.24. The van der Waals surface area contributed by atoms with Gasteiger partial charge in [0, 0.05) is 11.1 Å². The average molecular weight is 574 g/mol. The number of halogens is 1. The van der Waals surface area contributed by atoms with Crippen molar-refractivity contribution in [2.75, 3.05) is 12.0 Å². The number of hydrogen-bond acceptors (Lipinski definition) is 9. The average Bonchev–Trinajstić information content (AvgIpc) is 3.69. The molecule has 0 saturated heterocycles. The number of benzene rings is 3. The Balaban J connectivity index is 1.37. The molecule has 6 rings (SSSR count). The van der Waals surface area contributed by atoms with Gasteiger partial charge in [0.1, 0.15) is 17.1 Å². The van der Waals surface area contributed by atoms with Crippen molar-refractivity contribution in [2.45, 2.75) is 16.1 Å². The Labute approximate surface area is 235 Å². The standard InChI is InChI=1S/C29H20FN3O5S2/c1-37-19-12-10-16(11-13-19)24-23(25(34)22-14-17-6-3-5-9-21(17)38-22)26(35)27(36)33(24)28-31-32-29(40-28)39-15-18-7-2-4-8-20(18)30/h2-14,24,35H,15H2,1H3. The summed E-state index contributed by atoms with van der Waals surface area (Å²) >= 11 is 2.38. The number of aliphatic hydroxyl groups excluding tert-OH is 1. The predicted molar refractivity (Wildman–Crippen MR) is 149 cm³/mol. The van der Waals surface area contributed by atoms with E-state index in [2.05, 4.69) is 10.2 Å². The molecule has 8 nitrogen and oxygen atoms in total. The smallest absolute Gasteiger partial charge is 0.296 e. The summed E-state index contributed by atoms with van der Waals surface area (Å²) < 4.78 is 25.6. The Kier molecular flexibility index (Phi) is 6.82. The van der Waals surface area contributed by atoms with Gasteiger partial charge in [-0.25, -0.2) is 4.39 Å². The monoisotopic (exact) mass is 573 g/mol. The van der Waals surface area contributed by atoms with Crippen LogP contribution in [0.1, 0.15) is 27.7 Å². The van der Waals surface area contributed by atoms with E-state index >= 15 is 0 Å². The number of fused-ring (bicyclic) bond motifs is 1. The Morgan fingerprint density at radius 3 is 2.60 bits per heavy atom. The van der Waals surface area contributed by atoms with E-state index in [0.717, 1.165) is 11.3 Å². The quantitative estimate of drug-likeness (QED) is 0.127. The molecule has 1 unspecified atom stereocenters. The van der Waals surface area contributed by atoms with Gasteiger partial charge in [-0.05, 0) is 41.5 Å². The second-order valence-corrected chi connectivity index (χ2v) is 11.0. The van der Waals surface area contributed by atoms with Gasteiger partial charge >= 0.3 is 0 Å². The lowest BCUT2D eigenvalue weighted by molar-refractivity contribution is -0.117. The second kappa shape index (κ2) is 10.6. The van der Waals surface area contributed by atoms with Gasteiger partial charge in [-0.2, -0.15) is 0 Å². The molecule has 11 heteroatoms. The molecule has 0 radical (unpaired) electrons. The zero-order valence-corrected chi connectivity index (χ0v) is 22.5. The Morgan fingerprint density at radius 2 is 1.85 bits per heavy atom. The molecule has 0 spiro atoms. The first-order valence-corrected chi connectivity index (χ1v) is 13.9. The SMILES string of the molecule is COc1ccc(C2C(C(=O)c3cc4ccccc4o3)=C(O)C(=O)N2c2nnc(SCc3ccccc3F)s2)cc1. The van der Waals surface area contributed by atoms with Crippen LogP contribution in [0.25, 0.3) is 11.0 Å². The molecule has 5 aromatic rings. The van der Waals surface area contributed by atoms with E-state index in [-0.39, 0.29) is 22.3 Å². The third-order valence-corrected chi connectivity index (χ3v) is 8.55. The highest BCUT2D eigenvalue weighted by Gasteiger charge is 2.46. The highest BCUT2D eigenvalue weighted by atomic mass is 32.2. The highest BCUT2D eigenvalue weighted by Crippen LogP contribution is 2.44. The van der Waals surface area contributed by atoms with E-state index in [9.17, 15) is 19.1 Å². The highest BCUT2D eigenvalue weighted by molar-refractivity contribution is 8.00.